The van der Waals surface area contributed by atoms with Gasteiger partial charge in [0.15, 0.2) is 16.9 Å². The average molecular weight is 412 g/mol. The van der Waals surface area contributed by atoms with Crippen LogP contribution < -0.4 is 10.6 Å². The summed E-state index contributed by atoms with van der Waals surface area (Å²) in [6, 6.07) is 7.00. The van der Waals surface area contributed by atoms with E-state index >= 15 is 0 Å². The number of ether oxygens (including phenoxy) is 1. The summed E-state index contributed by atoms with van der Waals surface area (Å²) in [5.41, 5.74) is 0.625. The molecule has 0 aliphatic rings. The molecule has 0 aliphatic carbocycles. The van der Waals surface area contributed by atoms with Crippen LogP contribution >= 0.6 is 27.3 Å². The number of hydrogen-bond acceptors (Lipinski definition) is 6. The largest absolute Gasteiger partial charge is 0.448 e. The van der Waals surface area contributed by atoms with Gasteiger partial charge in [0.1, 0.15) is 0 Å². The lowest BCUT2D eigenvalue weighted by Gasteiger charge is -2.12. The fraction of sp³-hybridized carbons (Fsp3) is 0.200. The van der Waals surface area contributed by atoms with Gasteiger partial charge in [0.2, 0.25) is 5.91 Å². The van der Waals surface area contributed by atoms with Gasteiger partial charge >= 0.3 is 5.97 Å². The van der Waals surface area contributed by atoms with E-state index in [1.807, 2.05) is 0 Å². The maximum Gasteiger partial charge on any atom is 0.358 e. The zero-order valence-electron chi connectivity index (χ0n) is 12.8. The number of carbonyl (C=O) groups excluding carboxylic acids is 3. The van der Waals surface area contributed by atoms with E-state index in [0.717, 1.165) is 15.8 Å². The number of carbonyl (C=O) groups is 3. The number of benzene rings is 1. The smallest absolute Gasteiger partial charge is 0.358 e. The number of aromatic nitrogens is 1. The van der Waals surface area contributed by atoms with Gasteiger partial charge in [-0.05, 0) is 31.2 Å². The van der Waals surface area contributed by atoms with E-state index in [0.29, 0.717) is 10.8 Å². The Kier molecular flexibility index (Phi) is 6.04. The summed E-state index contributed by atoms with van der Waals surface area (Å²) in [7, 11) is 0. The Balaban J connectivity index is 1.92. The number of esters is 1. The van der Waals surface area contributed by atoms with Gasteiger partial charge in [-0.3, -0.25) is 9.59 Å². The number of amides is 2. The van der Waals surface area contributed by atoms with Crippen LogP contribution in [0.2, 0.25) is 0 Å². The predicted octanol–water partition coefficient (Wildman–Crippen LogP) is 3.05. The Morgan fingerprint density at radius 1 is 1.21 bits per heavy atom. The van der Waals surface area contributed by atoms with Crippen LogP contribution in [0.1, 0.15) is 24.3 Å². The first-order chi connectivity index (χ1) is 11.3. The van der Waals surface area contributed by atoms with E-state index in [1.54, 1.807) is 24.3 Å². The van der Waals surface area contributed by atoms with Crippen LogP contribution in [0.5, 0.6) is 0 Å². The zero-order valence-corrected chi connectivity index (χ0v) is 15.2. The maximum atomic E-state index is 12.0. The molecule has 1 aromatic carbocycles. The Bertz CT molecular complexity index is 760. The Morgan fingerprint density at radius 2 is 1.88 bits per heavy atom. The Hall–Kier alpha value is -2.26. The van der Waals surface area contributed by atoms with E-state index in [4.69, 9.17) is 4.74 Å². The summed E-state index contributed by atoms with van der Waals surface area (Å²) in [5.74, 6) is -1.48. The lowest BCUT2D eigenvalue weighted by atomic mass is 10.3. The molecule has 0 saturated carbocycles. The molecule has 1 aromatic heterocycles. The molecule has 24 heavy (non-hydrogen) atoms. The highest BCUT2D eigenvalue weighted by molar-refractivity contribution is 9.10. The van der Waals surface area contributed by atoms with Gasteiger partial charge in [-0.2, -0.15) is 0 Å². The van der Waals surface area contributed by atoms with Crippen molar-refractivity contribution >= 4 is 55.9 Å². The number of anilines is 2. The Morgan fingerprint density at radius 3 is 2.50 bits per heavy atom. The maximum absolute atomic E-state index is 12.0. The molecule has 2 N–H and O–H groups in total. The second-order valence-corrected chi connectivity index (χ2v) is 6.54. The summed E-state index contributed by atoms with van der Waals surface area (Å²) in [4.78, 5) is 38.9. The molecule has 2 rings (SSSR count). The molecule has 1 unspecified atom stereocenters. The number of nitrogens with one attached hydrogen (secondary N) is 2. The van der Waals surface area contributed by atoms with Crippen molar-refractivity contribution in [1.82, 2.24) is 4.98 Å². The first kappa shape index (κ1) is 18.1. The minimum absolute atomic E-state index is 0.0343. The molecule has 2 amide bonds. The van der Waals surface area contributed by atoms with Gasteiger partial charge in [-0.15, -0.1) is 11.3 Å². The molecule has 9 heteroatoms. The molecule has 0 bridgehead atoms. The zero-order chi connectivity index (χ0) is 17.7. The van der Waals surface area contributed by atoms with Gasteiger partial charge in [-0.1, -0.05) is 15.9 Å². The molecule has 0 fully saturated rings. The van der Waals surface area contributed by atoms with Crippen LogP contribution in [-0.2, 0) is 14.3 Å². The third kappa shape index (κ3) is 5.14. The van der Waals surface area contributed by atoms with Crippen LogP contribution in [0.15, 0.2) is 34.1 Å². The number of thiazole rings is 1. The molecule has 1 heterocycles. The molecule has 0 aliphatic heterocycles. The van der Waals surface area contributed by atoms with E-state index in [1.165, 1.54) is 19.2 Å². The third-order valence-electron chi connectivity index (χ3n) is 2.76. The summed E-state index contributed by atoms with van der Waals surface area (Å²) in [6.07, 6.45) is -0.993. The highest BCUT2D eigenvalue weighted by Gasteiger charge is 2.21. The van der Waals surface area contributed by atoms with Crippen molar-refractivity contribution in [2.45, 2.75) is 20.0 Å². The summed E-state index contributed by atoms with van der Waals surface area (Å²) < 4.78 is 5.97. The minimum atomic E-state index is -0.993. The predicted molar refractivity (Wildman–Crippen MR) is 94.1 cm³/mol. The first-order valence-corrected chi connectivity index (χ1v) is 8.53. The second-order valence-electron chi connectivity index (χ2n) is 4.76. The van der Waals surface area contributed by atoms with Crippen LogP contribution in [0.3, 0.4) is 0 Å². The summed E-state index contributed by atoms with van der Waals surface area (Å²) >= 11 is 4.40. The monoisotopic (exact) mass is 411 g/mol. The fourth-order valence-electron chi connectivity index (χ4n) is 1.63. The molecule has 0 radical (unpaired) electrons. The lowest BCUT2D eigenvalue weighted by Crippen LogP contribution is -2.30. The Labute approximate surface area is 150 Å². The standard InChI is InChI=1S/C15H14BrN3O4S/c1-8(13(21)18-11-5-3-10(16)4-6-11)23-14(22)12-7-24-15(19-12)17-9(2)20/h3-8H,1-2H3,(H,18,21)(H,17,19,20). The van der Waals surface area contributed by atoms with Crippen molar-refractivity contribution in [3.63, 3.8) is 0 Å². The van der Waals surface area contributed by atoms with Crippen molar-refractivity contribution in [3.05, 3.63) is 39.8 Å². The SMILES string of the molecule is CC(=O)Nc1nc(C(=O)OC(C)C(=O)Nc2ccc(Br)cc2)cs1. The average Bonchev–Trinajstić information content (AvgIpc) is 2.97. The highest BCUT2D eigenvalue weighted by Crippen LogP contribution is 2.17. The van der Waals surface area contributed by atoms with E-state index in [9.17, 15) is 14.4 Å². The van der Waals surface area contributed by atoms with Crippen molar-refractivity contribution in [1.29, 1.82) is 0 Å². The van der Waals surface area contributed by atoms with Crippen LogP contribution in [0.25, 0.3) is 0 Å². The van der Waals surface area contributed by atoms with Gasteiger partial charge in [0, 0.05) is 22.5 Å². The van der Waals surface area contributed by atoms with Crippen molar-refractivity contribution in [2.75, 3.05) is 10.6 Å². The number of nitrogens with zero attached hydrogens (tertiary/aromatic N) is 1. The van der Waals surface area contributed by atoms with E-state index in [-0.39, 0.29) is 11.6 Å². The summed E-state index contributed by atoms with van der Waals surface area (Å²) in [5, 5.41) is 6.86. The minimum Gasteiger partial charge on any atom is -0.448 e. The second kappa shape index (κ2) is 8.02. The molecule has 1 atom stereocenters. The van der Waals surface area contributed by atoms with Gasteiger partial charge in [0.05, 0.1) is 0 Å². The van der Waals surface area contributed by atoms with Gasteiger partial charge in [0.25, 0.3) is 5.91 Å². The molecular weight excluding hydrogens is 398 g/mol. The summed E-state index contributed by atoms with van der Waals surface area (Å²) in [6.45, 7) is 2.81. The fourth-order valence-corrected chi connectivity index (χ4v) is 2.62. The topological polar surface area (TPSA) is 97.4 Å². The molecular formula is C15H14BrN3O4S. The van der Waals surface area contributed by atoms with Crippen LogP contribution in [0, 0.1) is 0 Å². The number of hydrogen-bond donors (Lipinski definition) is 2. The molecule has 126 valence electrons. The van der Waals surface area contributed by atoms with Crippen molar-refractivity contribution < 1.29 is 19.1 Å². The first-order valence-electron chi connectivity index (χ1n) is 6.85. The number of halogens is 1. The van der Waals surface area contributed by atoms with Crippen LogP contribution in [-0.4, -0.2) is 28.9 Å². The lowest BCUT2D eigenvalue weighted by molar-refractivity contribution is -0.123. The molecule has 0 spiro atoms. The van der Waals surface area contributed by atoms with Crippen molar-refractivity contribution in [3.8, 4) is 0 Å². The number of rotatable bonds is 5. The van der Waals surface area contributed by atoms with Gasteiger partial charge in [-0.25, -0.2) is 9.78 Å². The van der Waals surface area contributed by atoms with Crippen LogP contribution in [0.4, 0.5) is 10.8 Å². The van der Waals surface area contributed by atoms with E-state index in [2.05, 4.69) is 31.5 Å². The molecule has 7 nitrogen and oxygen atoms in total. The quantitative estimate of drug-likeness (QED) is 0.736. The molecule has 2 aromatic rings. The third-order valence-corrected chi connectivity index (χ3v) is 4.05. The highest BCUT2D eigenvalue weighted by atomic mass is 79.9. The molecule has 0 saturated heterocycles. The van der Waals surface area contributed by atoms with Gasteiger partial charge < -0.3 is 15.4 Å². The van der Waals surface area contributed by atoms with E-state index < -0.39 is 18.0 Å². The van der Waals surface area contributed by atoms with Crippen molar-refractivity contribution in [2.24, 2.45) is 0 Å². The normalized spacial score (nSPS) is 11.5.